The molecule has 0 saturated carbocycles. The fraction of sp³-hybridized carbons (Fsp3) is 0.615. The van der Waals surface area contributed by atoms with Crippen LogP contribution in [0.3, 0.4) is 0 Å². The molecule has 2 aromatic rings. The maximum atomic E-state index is 5.09. The van der Waals surface area contributed by atoms with Gasteiger partial charge in [-0.25, -0.2) is 4.98 Å². The van der Waals surface area contributed by atoms with Gasteiger partial charge in [0.15, 0.2) is 5.82 Å². The molecule has 0 radical (unpaired) electrons. The molecule has 7 heteroatoms. The third-order valence-electron chi connectivity index (χ3n) is 3.86. The van der Waals surface area contributed by atoms with Crippen LogP contribution in [0.25, 0.3) is 0 Å². The van der Waals surface area contributed by atoms with Crippen molar-refractivity contribution in [1.82, 2.24) is 19.1 Å². The van der Waals surface area contributed by atoms with Crippen LogP contribution in [0.1, 0.15) is 36.0 Å². The number of nitrogens with zero attached hydrogens (tertiary/aromatic N) is 5. The molecule has 1 unspecified atom stereocenters. The van der Waals surface area contributed by atoms with Crippen LogP contribution in [0.5, 0.6) is 0 Å². The number of rotatable bonds is 4. The van der Waals surface area contributed by atoms with Crippen molar-refractivity contribution in [2.24, 2.45) is 7.05 Å². The molecule has 1 fully saturated rings. The zero-order chi connectivity index (χ0) is 14.1. The second-order valence-corrected chi connectivity index (χ2v) is 5.82. The summed E-state index contributed by atoms with van der Waals surface area (Å²) in [6.07, 6.45) is 4.30. The fourth-order valence-corrected chi connectivity index (χ4v) is 3.46. The van der Waals surface area contributed by atoms with Crippen LogP contribution < -0.4 is 4.90 Å². The SMILES string of the molecule is COCc1nsc(N2CCCC2c2cnn(C)c2C)n1. The topological polar surface area (TPSA) is 56.1 Å². The van der Waals surface area contributed by atoms with E-state index in [1.54, 1.807) is 7.11 Å². The smallest absolute Gasteiger partial charge is 0.205 e. The lowest BCUT2D eigenvalue weighted by Crippen LogP contribution is -2.22. The summed E-state index contributed by atoms with van der Waals surface area (Å²) in [4.78, 5) is 6.92. The summed E-state index contributed by atoms with van der Waals surface area (Å²) in [5.41, 5.74) is 2.53. The lowest BCUT2D eigenvalue weighted by atomic mass is 10.1. The van der Waals surface area contributed by atoms with E-state index >= 15 is 0 Å². The van der Waals surface area contributed by atoms with Gasteiger partial charge in [0.1, 0.15) is 6.61 Å². The zero-order valence-corrected chi connectivity index (χ0v) is 12.9. The van der Waals surface area contributed by atoms with Gasteiger partial charge < -0.3 is 9.64 Å². The number of aromatic nitrogens is 4. The predicted molar refractivity (Wildman–Crippen MR) is 77.9 cm³/mol. The Kier molecular flexibility index (Phi) is 3.71. The average Bonchev–Trinajstić information content (AvgIpc) is 3.12. The van der Waals surface area contributed by atoms with Gasteiger partial charge in [-0.2, -0.15) is 9.47 Å². The minimum Gasteiger partial charge on any atom is -0.377 e. The lowest BCUT2D eigenvalue weighted by molar-refractivity contribution is 0.179. The molecule has 1 atom stereocenters. The van der Waals surface area contributed by atoms with E-state index in [1.165, 1.54) is 29.2 Å². The van der Waals surface area contributed by atoms with Crippen LogP contribution in [0.2, 0.25) is 0 Å². The van der Waals surface area contributed by atoms with Crippen molar-refractivity contribution in [3.8, 4) is 0 Å². The number of hydrogen-bond donors (Lipinski definition) is 0. The highest BCUT2D eigenvalue weighted by atomic mass is 32.1. The Balaban J connectivity index is 1.86. The molecule has 20 heavy (non-hydrogen) atoms. The molecule has 3 rings (SSSR count). The molecule has 0 aliphatic carbocycles. The molecule has 6 nitrogen and oxygen atoms in total. The minimum absolute atomic E-state index is 0.368. The first-order valence-corrected chi connectivity index (χ1v) is 7.54. The van der Waals surface area contributed by atoms with Crippen LogP contribution in [0, 0.1) is 6.92 Å². The van der Waals surface area contributed by atoms with E-state index in [0.29, 0.717) is 12.6 Å². The summed E-state index contributed by atoms with van der Waals surface area (Å²) in [5, 5.41) is 5.35. The molecule has 108 valence electrons. The van der Waals surface area contributed by atoms with E-state index in [-0.39, 0.29) is 0 Å². The normalized spacial score (nSPS) is 18.9. The Bertz CT molecular complexity index is 593. The Morgan fingerprint density at radius 1 is 1.50 bits per heavy atom. The first-order valence-electron chi connectivity index (χ1n) is 6.77. The van der Waals surface area contributed by atoms with Crippen LogP contribution >= 0.6 is 11.5 Å². The second-order valence-electron chi connectivity index (χ2n) is 5.09. The maximum Gasteiger partial charge on any atom is 0.205 e. The molecule has 0 aromatic carbocycles. The van der Waals surface area contributed by atoms with Gasteiger partial charge in [0.2, 0.25) is 5.13 Å². The minimum atomic E-state index is 0.368. The van der Waals surface area contributed by atoms with Gasteiger partial charge >= 0.3 is 0 Å². The quantitative estimate of drug-likeness (QED) is 0.863. The number of hydrogen-bond acceptors (Lipinski definition) is 6. The Hall–Kier alpha value is -1.47. The van der Waals surface area contributed by atoms with E-state index in [9.17, 15) is 0 Å². The second kappa shape index (κ2) is 5.49. The van der Waals surface area contributed by atoms with Crippen LogP contribution in [-0.4, -0.2) is 32.8 Å². The van der Waals surface area contributed by atoms with Crippen molar-refractivity contribution in [2.75, 3.05) is 18.6 Å². The van der Waals surface area contributed by atoms with Crippen molar-refractivity contribution in [3.63, 3.8) is 0 Å². The summed E-state index contributed by atoms with van der Waals surface area (Å²) < 4.78 is 11.4. The molecular formula is C13H19N5OS. The van der Waals surface area contributed by atoms with E-state index < -0.39 is 0 Å². The van der Waals surface area contributed by atoms with E-state index in [1.807, 2.05) is 17.9 Å². The van der Waals surface area contributed by atoms with E-state index in [4.69, 9.17) is 4.74 Å². The highest BCUT2D eigenvalue weighted by molar-refractivity contribution is 7.09. The first kappa shape index (κ1) is 13.5. The number of anilines is 1. The van der Waals surface area contributed by atoms with Crippen molar-refractivity contribution in [3.05, 3.63) is 23.3 Å². The number of methoxy groups -OCH3 is 1. The van der Waals surface area contributed by atoms with Gasteiger partial charge in [0.25, 0.3) is 0 Å². The van der Waals surface area contributed by atoms with Crippen molar-refractivity contribution >= 4 is 16.7 Å². The van der Waals surface area contributed by atoms with Gasteiger partial charge in [0.05, 0.1) is 12.2 Å². The van der Waals surface area contributed by atoms with Crippen molar-refractivity contribution in [2.45, 2.75) is 32.4 Å². The molecule has 0 N–H and O–H groups in total. The molecule has 3 heterocycles. The highest BCUT2D eigenvalue weighted by Gasteiger charge is 2.30. The van der Waals surface area contributed by atoms with Gasteiger partial charge in [-0.05, 0) is 19.8 Å². The summed E-state index contributed by atoms with van der Waals surface area (Å²) in [6.45, 7) is 3.62. The third-order valence-corrected chi connectivity index (χ3v) is 4.65. The lowest BCUT2D eigenvalue weighted by Gasteiger charge is -2.23. The van der Waals surface area contributed by atoms with E-state index in [0.717, 1.165) is 23.9 Å². The predicted octanol–water partition coefficient (Wildman–Crippen LogP) is 2.07. The fourth-order valence-electron chi connectivity index (χ4n) is 2.71. The molecule has 0 amide bonds. The monoisotopic (exact) mass is 293 g/mol. The average molecular weight is 293 g/mol. The van der Waals surface area contributed by atoms with Crippen LogP contribution in [-0.2, 0) is 18.4 Å². The van der Waals surface area contributed by atoms with Gasteiger partial charge in [-0.3, -0.25) is 4.68 Å². The molecular weight excluding hydrogens is 274 g/mol. The summed E-state index contributed by atoms with van der Waals surface area (Å²) >= 11 is 1.46. The molecule has 1 aliphatic rings. The summed E-state index contributed by atoms with van der Waals surface area (Å²) in [7, 11) is 3.65. The zero-order valence-electron chi connectivity index (χ0n) is 12.0. The molecule has 0 bridgehead atoms. The van der Waals surface area contributed by atoms with Gasteiger partial charge in [-0.15, -0.1) is 0 Å². The van der Waals surface area contributed by atoms with Crippen LogP contribution in [0.4, 0.5) is 5.13 Å². The molecule has 0 spiro atoms. The third kappa shape index (κ3) is 2.31. The van der Waals surface area contributed by atoms with Gasteiger partial charge in [0, 0.05) is 43.5 Å². The van der Waals surface area contributed by atoms with Crippen molar-refractivity contribution in [1.29, 1.82) is 0 Å². The van der Waals surface area contributed by atoms with Crippen molar-refractivity contribution < 1.29 is 4.74 Å². The maximum absolute atomic E-state index is 5.09. The summed E-state index contributed by atoms with van der Waals surface area (Å²) in [5.74, 6) is 0.765. The highest BCUT2D eigenvalue weighted by Crippen LogP contribution is 2.37. The number of aryl methyl sites for hydroxylation is 1. The molecule has 1 aliphatic heterocycles. The Morgan fingerprint density at radius 3 is 3.05 bits per heavy atom. The Morgan fingerprint density at radius 2 is 2.35 bits per heavy atom. The van der Waals surface area contributed by atoms with Gasteiger partial charge in [-0.1, -0.05) is 0 Å². The van der Waals surface area contributed by atoms with Crippen LogP contribution in [0.15, 0.2) is 6.20 Å². The standard InChI is InChI=1S/C13H19N5OS/c1-9-10(7-14-17(9)2)11-5-4-6-18(11)13-15-12(8-19-3)16-20-13/h7,11H,4-6,8H2,1-3H3. The number of ether oxygens (including phenoxy) is 1. The Labute approximate surface area is 122 Å². The first-order chi connectivity index (χ1) is 9.70. The largest absolute Gasteiger partial charge is 0.377 e. The summed E-state index contributed by atoms with van der Waals surface area (Å²) in [6, 6.07) is 0.368. The van der Waals surface area contributed by atoms with E-state index in [2.05, 4.69) is 26.3 Å². The molecule has 2 aromatic heterocycles. The molecule has 1 saturated heterocycles.